The number of benzene rings is 5. The van der Waals surface area contributed by atoms with Crippen molar-refractivity contribution >= 4 is 36.1 Å². The molecule has 1 fully saturated rings. The van der Waals surface area contributed by atoms with Gasteiger partial charge in [0.25, 0.3) is 0 Å². The van der Waals surface area contributed by atoms with Gasteiger partial charge in [-0.15, -0.1) is 0 Å². The molecule has 0 aromatic heterocycles. The minimum Gasteiger partial charge on any atom is -0.444 e. The third kappa shape index (κ3) is 6.77. The Morgan fingerprint density at radius 2 is 1.35 bits per heavy atom. The van der Waals surface area contributed by atoms with E-state index in [9.17, 15) is 14.2 Å². The zero-order chi connectivity index (χ0) is 31.9. The van der Waals surface area contributed by atoms with Crippen LogP contribution in [0.3, 0.4) is 0 Å². The van der Waals surface area contributed by atoms with Crippen molar-refractivity contribution < 1.29 is 27.9 Å². The molecule has 1 aliphatic heterocycles. The van der Waals surface area contributed by atoms with Gasteiger partial charge in [0.05, 0.1) is 5.69 Å². The molecule has 1 unspecified atom stereocenters. The molecule has 6 rings (SSSR count). The van der Waals surface area contributed by atoms with E-state index in [2.05, 4.69) is 0 Å². The highest BCUT2D eigenvalue weighted by Crippen LogP contribution is 2.57. The van der Waals surface area contributed by atoms with Crippen molar-refractivity contribution in [1.82, 2.24) is 4.90 Å². The number of rotatable bonds is 10. The molecule has 1 aliphatic rings. The van der Waals surface area contributed by atoms with Gasteiger partial charge in [-0.1, -0.05) is 103 Å². The molecule has 0 bridgehead atoms. The van der Waals surface area contributed by atoms with Crippen LogP contribution in [0.2, 0.25) is 0 Å². The summed E-state index contributed by atoms with van der Waals surface area (Å²) in [6, 6.07) is 39.3. The zero-order valence-electron chi connectivity index (χ0n) is 25.5. The SMILES string of the molecule is C[C@@H](C(=O)N1CCCC1P(=O)(Oc1ccccc1)Oc1ccccc1)N(C(=O)OCc1ccccc1)c1cccc2ccccc12. The van der Waals surface area contributed by atoms with Crippen LogP contribution in [0.4, 0.5) is 10.5 Å². The molecule has 234 valence electrons. The third-order valence-electron chi connectivity index (χ3n) is 7.99. The molecule has 1 heterocycles. The molecule has 5 aromatic carbocycles. The van der Waals surface area contributed by atoms with E-state index in [4.69, 9.17) is 13.8 Å². The Hall–Kier alpha value is -5.07. The Bertz CT molecular complexity index is 1790. The average molecular weight is 635 g/mol. The molecule has 9 heteroatoms. The van der Waals surface area contributed by atoms with E-state index in [0.717, 1.165) is 16.3 Å². The smallest absolute Gasteiger partial charge is 0.444 e. The maximum absolute atomic E-state index is 14.8. The molecule has 2 atom stereocenters. The molecule has 0 spiro atoms. The first-order valence-corrected chi connectivity index (χ1v) is 16.9. The topological polar surface area (TPSA) is 85.4 Å². The average Bonchev–Trinajstić information content (AvgIpc) is 3.60. The Kier molecular flexibility index (Phi) is 9.36. The van der Waals surface area contributed by atoms with Crippen LogP contribution in [-0.4, -0.2) is 35.3 Å². The fourth-order valence-corrected chi connectivity index (χ4v) is 7.94. The van der Waals surface area contributed by atoms with Crippen molar-refractivity contribution in [1.29, 1.82) is 0 Å². The van der Waals surface area contributed by atoms with Crippen molar-refractivity contribution in [2.75, 3.05) is 11.4 Å². The monoisotopic (exact) mass is 634 g/mol. The summed E-state index contributed by atoms with van der Waals surface area (Å²) in [6.45, 7) is 2.04. The Balaban J connectivity index is 1.34. The van der Waals surface area contributed by atoms with Gasteiger partial charge in [-0.3, -0.25) is 9.69 Å². The number of nitrogens with zero attached hydrogens (tertiary/aromatic N) is 2. The molecule has 2 amide bonds. The number of amides is 2. The first-order valence-electron chi connectivity index (χ1n) is 15.3. The Morgan fingerprint density at radius 3 is 2.00 bits per heavy atom. The number of hydrogen-bond donors (Lipinski definition) is 0. The van der Waals surface area contributed by atoms with Crippen LogP contribution in [-0.2, 0) is 20.7 Å². The first kappa shape index (κ1) is 30.9. The fourth-order valence-electron chi connectivity index (χ4n) is 5.75. The zero-order valence-corrected chi connectivity index (χ0v) is 26.4. The van der Waals surface area contributed by atoms with Gasteiger partial charge in [0.1, 0.15) is 24.1 Å². The van der Waals surface area contributed by atoms with E-state index in [1.807, 2.05) is 78.9 Å². The number of ether oxygens (including phenoxy) is 1. The van der Waals surface area contributed by atoms with Crippen molar-refractivity contribution in [2.45, 2.75) is 38.2 Å². The summed E-state index contributed by atoms with van der Waals surface area (Å²) in [5, 5.41) is 1.71. The Morgan fingerprint density at radius 1 is 0.783 bits per heavy atom. The van der Waals surface area contributed by atoms with Gasteiger partial charge < -0.3 is 18.7 Å². The molecule has 0 radical (unpaired) electrons. The highest BCUT2D eigenvalue weighted by atomic mass is 31.2. The van der Waals surface area contributed by atoms with E-state index in [1.54, 1.807) is 66.4 Å². The van der Waals surface area contributed by atoms with Gasteiger partial charge in [0.15, 0.2) is 5.78 Å². The van der Waals surface area contributed by atoms with Crippen molar-refractivity contribution in [3.8, 4) is 11.5 Å². The molecule has 0 saturated carbocycles. The largest absolute Gasteiger partial charge is 0.453 e. The van der Waals surface area contributed by atoms with E-state index in [1.165, 1.54) is 4.90 Å². The van der Waals surface area contributed by atoms with Crippen LogP contribution in [0.25, 0.3) is 10.8 Å². The van der Waals surface area contributed by atoms with Crippen LogP contribution in [0.1, 0.15) is 25.3 Å². The predicted molar refractivity (Wildman–Crippen MR) is 179 cm³/mol. The quantitative estimate of drug-likeness (QED) is 0.143. The van der Waals surface area contributed by atoms with Gasteiger partial charge in [0, 0.05) is 11.9 Å². The maximum Gasteiger partial charge on any atom is 0.453 e. The molecule has 46 heavy (non-hydrogen) atoms. The summed E-state index contributed by atoms with van der Waals surface area (Å²) in [7, 11) is -4.01. The van der Waals surface area contributed by atoms with Crippen LogP contribution >= 0.6 is 7.60 Å². The molecule has 5 aromatic rings. The van der Waals surface area contributed by atoms with Gasteiger partial charge in [-0.05, 0) is 61.0 Å². The summed E-state index contributed by atoms with van der Waals surface area (Å²) in [5.74, 6) is -0.523. The second-order valence-corrected chi connectivity index (χ2v) is 13.1. The van der Waals surface area contributed by atoms with Gasteiger partial charge >= 0.3 is 13.7 Å². The number of likely N-dealkylation sites (tertiary alicyclic amines) is 1. The summed E-state index contributed by atoms with van der Waals surface area (Å²) in [4.78, 5) is 31.3. The van der Waals surface area contributed by atoms with Crippen LogP contribution in [0, 0.1) is 0 Å². The number of fused-ring (bicyclic) bond motifs is 1. The molecule has 8 nitrogen and oxygen atoms in total. The second kappa shape index (κ2) is 13.9. The highest BCUT2D eigenvalue weighted by molar-refractivity contribution is 7.55. The predicted octanol–water partition coefficient (Wildman–Crippen LogP) is 8.67. The van der Waals surface area contributed by atoms with Gasteiger partial charge in [-0.2, -0.15) is 0 Å². The standard InChI is InChI=1S/C37H35N2O6P/c1-28(39(37(41)43-27-29-15-5-2-6-16-29)34-24-13-18-30-17-11-12-23-33(30)34)36(40)38-26-14-25-35(38)46(42,44-31-19-7-3-8-20-31)45-32-21-9-4-10-22-32/h2-13,15-24,28,35H,14,25-27H2,1H3/t28-,35?/m0/s1. The maximum atomic E-state index is 14.8. The van der Waals surface area contributed by atoms with E-state index < -0.39 is 25.5 Å². The normalized spacial score (nSPS) is 15.2. The third-order valence-corrected chi connectivity index (χ3v) is 10.2. The molecular formula is C37H35N2O6P. The second-order valence-electron chi connectivity index (χ2n) is 11.1. The number of anilines is 1. The summed E-state index contributed by atoms with van der Waals surface area (Å²) >= 11 is 0. The van der Waals surface area contributed by atoms with Gasteiger partial charge in [0.2, 0.25) is 5.91 Å². The first-order chi connectivity index (χ1) is 22.4. The van der Waals surface area contributed by atoms with E-state index >= 15 is 0 Å². The van der Waals surface area contributed by atoms with Crippen LogP contribution in [0.5, 0.6) is 11.5 Å². The van der Waals surface area contributed by atoms with Gasteiger partial charge in [-0.25, -0.2) is 9.36 Å². The fraction of sp³-hybridized carbons (Fsp3) is 0.189. The lowest BCUT2D eigenvalue weighted by molar-refractivity contribution is -0.132. The summed E-state index contributed by atoms with van der Waals surface area (Å²) in [6.07, 6.45) is 0.333. The van der Waals surface area contributed by atoms with Crippen molar-refractivity contribution in [2.24, 2.45) is 0 Å². The lowest BCUT2D eigenvalue weighted by atomic mass is 10.1. The summed E-state index contributed by atoms with van der Waals surface area (Å²) in [5.41, 5.74) is 1.36. The minimum absolute atomic E-state index is 0.0409. The number of para-hydroxylation sites is 2. The molecule has 0 aliphatic carbocycles. The highest BCUT2D eigenvalue weighted by Gasteiger charge is 2.49. The number of hydrogen-bond acceptors (Lipinski definition) is 6. The minimum atomic E-state index is -4.01. The van der Waals surface area contributed by atoms with Crippen molar-refractivity contribution in [3.05, 3.63) is 139 Å². The van der Waals surface area contributed by atoms with Crippen LogP contribution < -0.4 is 13.9 Å². The van der Waals surface area contributed by atoms with Crippen molar-refractivity contribution in [3.63, 3.8) is 0 Å². The molecular weight excluding hydrogens is 599 g/mol. The lowest BCUT2D eigenvalue weighted by Crippen LogP contribution is -2.51. The molecule has 1 saturated heterocycles. The van der Waals surface area contributed by atoms with E-state index in [-0.39, 0.29) is 12.5 Å². The lowest BCUT2D eigenvalue weighted by Gasteiger charge is -2.35. The number of carbonyl (C=O) groups is 2. The Labute approximate surface area is 268 Å². The van der Waals surface area contributed by atoms with E-state index in [0.29, 0.717) is 36.6 Å². The number of carbonyl (C=O) groups excluding carboxylic acids is 2. The summed E-state index contributed by atoms with van der Waals surface area (Å²) < 4.78 is 32.8. The molecule has 0 N–H and O–H groups in total. The van der Waals surface area contributed by atoms with Crippen LogP contribution in [0.15, 0.2) is 133 Å².